The number of fused-ring (bicyclic) bond motifs is 1. The molecule has 2 aromatic carbocycles. The number of amides is 1. The van der Waals surface area contributed by atoms with E-state index in [4.69, 9.17) is 9.72 Å². The molecule has 0 radical (unpaired) electrons. The Kier molecular flexibility index (Phi) is 6.16. The van der Waals surface area contributed by atoms with Crippen molar-refractivity contribution in [3.8, 4) is 11.5 Å². The first-order valence-corrected chi connectivity index (χ1v) is 11.3. The molecule has 1 saturated heterocycles. The van der Waals surface area contributed by atoms with E-state index in [2.05, 4.69) is 21.9 Å². The van der Waals surface area contributed by atoms with Gasteiger partial charge < -0.3 is 15.0 Å². The molecule has 170 valence electrons. The molecule has 1 aliphatic rings. The number of piperidine rings is 1. The summed E-state index contributed by atoms with van der Waals surface area (Å²) in [5.74, 6) is 2.32. The molecule has 34 heavy (non-hydrogen) atoms. The monoisotopic (exact) mass is 451 g/mol. The summed E-state index contributed by atoms with van der Waals surface area (Å²) in [5.41, 5.74) is 3.28. The quantitative estimate of drug-likeness (QED) is 0.393. The van der Waals surface area contributed by atoms with Gasteiger partial charge >= 0.3 is 0 Å². The van der Waals surface area contributed by atoms with Crippen molar-refractivity contribution in [3.05, 3.63) is 91.4 Å². The molecule has 4 aromatic rings. The van der Waals surface area contributed by atoms with Crippen LogP contribution in [-0.4, -0.2) is 38.8 Å². The van der Waals surface area contributed by atoms with E-state index < -0.39 is 0 Å². The van der Waals surface area contributed by atoms with E-state index in [-0.39, 0.29) is 11.8 Å². The molecule has 0 saturated carbocycles. The predicted molar refractivity (Wildman–Crippen MR) is 132 cm³/mol. The van der Waals surface area contributed by atoms with Gasteiger partial charge in [0.05, 0.1) is 5.52 Å². The molecule has 0 bridgehead atoms. The highest BCUT2D eigenvalue weighted by Crippen LogP contribution is 2.30. The number of hydrogen-bond donors (Lipinski definition) is 1. The maximum absolute atomic E-state index is 12.1. The van der Waals surface area contributed by atoms with Gasteiger partial charge in [0.25, 0.3) is 0 Å². The van der Waals surface area contributed by atoms with Crippen LogP contribution >= 0.6 is 0 Å². The number of rotatable bonds is 6. The Morgan fingerprint density at radius 2 is 1.82 bits per heavy atom. The lowest BCUT2D eigenvalue weighted by Crippen LogP contribution is -2.38. The number of carbonyl (C=O) groups is 1. The van der Waals surface area contributed by atoms with Crippen LogP contribution in [0.2, 0.25) is 0 Å². The van der Waals surface area contributed by atoms with Crippen molar-refractivity contribution in [1.29, 1.82) is 0 Å². The summed E-state index contributed by atoms with van der Waals surface area (Å²) in [6.07, 6.45) is 4.84. The third kappa shape index (κ3) is 4.73. The molecule has 1 N–H and O–H groups in total. The van der Waals surface area contributed by atoms with E-state index in [0.717, 1.165) is 47.8 Å². The Morgan fingerprint density at radius 3 is 2.62 bits per heavy atom. The van der Waals surface area contributed by atoms with Crippen LogP contribution in [0.15, 0.2) is 85.7 Å². The maximum Gasteiger partial charge on any atom is 0.245 e. The minimum absolute atomic E-state index is 0.0316. The summed E-state index contributed by atoms with van der Waals surface area (Å²) in [6.45, 7) is 5.01. The minimum atomic E-state index is -0.0316. The van der Waals surface area contributed by atoms with Crippen molar-refractivity contribution in [3.63, 3.8) is 0 Å². The number of benzene rings is 2. The van der Waals surface area contributed by atoms with Crippen LogP contribution in [0.1, 0.15) is 24.5 Å². The number of likely N-dealkylation sites (tertiary alicyclic amines) is 1. The van der Waals surface area contributed by atoms with Crippen LogP contribution in [0.5, 0.6) is 11.5 Å². The van der Waals surface area contributed by atoms with Crippen LogP contribution in [0.4, 0.5) is 11.5 Å². The largest absolute Gasteiger partial charge is 0.457 e. The normalized spacial score (nSPS) is 15.6. The number of anilines is 2. The van der Waals surface area contributed by atoms with E-state index in [1.54, 1.807) is 0 Å². The predicted octanol–water partition coefficient (Wildman–Crippen LogP) is 5.45. The molecule has 1 aliphatic heterocycles. The third-order valence-electron chi connectivity index (χ3n) is 5.93. The van der Waals surface area contributed by atoms with E-state index in [9.17, 15) is 4.79 Å². The summed E-state index contributed by atoms with van der Waals surface area (Å²) in [5, 5.41) is 3.36. The Labute approximate surface area is 198 Å². The van der Waals surface area contributed by atoms with Crippen molar-refractivity contribution >= 4 is 28.4 Å². The van der Waals surface area contributed by atoms with Gasteiger partial charge in [0.15, 0.2) is 5.82 Å². The first-order chi connectivity index (χ1) is 16.7. The molecular formula is C27H25N5O2. The minimum Gasteiger partial charge on any atom is -0.457 e. The number of pyridine rings is 1. The average Bonchev–Trinajstić information content (AvgIpc) is 2.90. The van der Waals surface area contributed by atoms with Crippen LogP contribution in [0.3, 0.4) is 0 Å². The number of nitrogens with one attached hydrogen (secondary N) is 1. The maximum atomic E-state index is 12.1. The summed E-state index contributed by atoms with van der Waals surface area (Å²) in [4.78, 5) is 27.7. The first kappa shape index (κ1) is 21.6. The molecule has 0 aliphatic carbocycles. The highest BCUT2D eigenvalue weighted by molar-refractivity contribution is 5.88. The lowest BCUT2D eigenvalue weighted by Gasteiger charge is -2.31. The Bertz CT molecular complexity index is 1310. The fourth-order valence-electron chi connectivity index (χ4n) is 4.19. The lowest BCUT2D eigenvalue weighted by molar-refractivity contribution is -0.127. The second kappa shape index (κ2) is 9.70. The Morgan fingerprint density at radius 1 is 1.03 bits per heavy atom. The van der Waals surface area contributed by atoms with Gasteiger partial charge in [-0.2, -0.15) is 0 Å². The van der Waals surface area contributed by atoms with Gasteiger partial charge in [-0.15, -0.1) is 0 Å². The fourth-order valence-corrected chi connectivity index (χ4v) is 4.19. The standard InChI is InChI=1S/C27H25N5O2/c1-2-25(33)32-16-6-7-19(17-32)23-14-15-24-26(31-23)27(29-18-28-24)30-20-10-12-22(13-11-20)34-21-8-4-3-5-9-21/h2-5,8-15,18-19H,1,6-7,16-17H2,(H,28,29,30). The molecule has 1 unspecified atom stereocenters. The smallest absolute Gasteiger partial charge is 0.245 e. The molecule has 1 atom stereocenters. The molecule has 7 heteroatoms. The molecule has 7 nitrogen and oxygen atoms in total. The number of carbonyl (C=O) groups excluding carboxylic acids is 1. The number of nitrogens with zero attached hydrogens (tertiary/aromatic N) is 4. The van der Waals surface area contributed by atoms with E-state index >= 15 is 0 Å². The molecular weight excluding hydrogens is 426 g/mol. The van der Waals surface area contributed by atoms with Gasteiger partial charge in [-0.05, 0) is 67.4 Å². The number of aromatic nitrogens is 3. The van der Waals surface area contributed by atoms with Crippen molar-refractivity contribution in [2.75, 3.05) is 18.4 Å². The third-order valence-corrected chi connectivity index (χ3v) is 5.93. The average molecular weight is 452 g/mol. The van der Waals surface area contributed by atoms with Crippen LogP contribution < -0.4 is 10.1 Å². The summed E-state index contributed by atoms with van der Waals surface area (Å²) < 4.78 is 5.87. The highest BCUT2D eigenvalue weighted by atomic mass is 16.5. The second-order valence-electron chi connectivity index (χ2n) is 8.22. The lowest BCUT2D eigenvalue weighted by atomic mass is 9.94. The fraction of sp³-hybridized carbons (Fsp3) is 0.185. The summed E-state index contributed by atoms with van der Waals surface area (Å²) in [7, 11) is 0. The van der Waals surface area contributed by atoms with E-state index in [1.807, 2.05) is 71.6 Å². The Balaban J connectivity index is 1.36. The van der Waals surface area contributed by atoms with Crippen LogP contribution in [0, 0.1) is 0 Å². The number of ether oxygens (including phenoxy) is 1. The first-order valence-electron chi connectivity index (χ1n) is 11.3. The van der Waals surface area contributed by atoms with Crippen molar-refractivity contribution < 1.29 is 9.53 Å². The molecule has 0 spiro atoms. The topological polar surface area (TPSA) is 80.2 Å². The van der Waals surface area contributed by atoms with E-state index in [0.29, 0.717) is 17.9 Å². The zero-order chi connectivity index (χ0) is 23.3. The van der Waals surface area contributed by atoms with Crippen LogP contribution in [0.25, 0.3) is 11.0 Å². The van der Waals surface area contributed by atoms with Gasteiger partial charge in [0.1, 0.15) is 23.3 Å². The summed E-state index contributed by atoms with van der Waals surface area (Å²) >= 11 is 0. The van der Waals surface area contributed by atoms with Crippen molar-refractivity contribution in [2.45, 2.75) is 18.8 Å². The highest BCUT2D eigenvalue weighted by Gasteiger charge is 2.25. The van der Waals surface area contributed by atoms with Crippen LogP contribution in [-0.2, 0) is 4.79 Å². The second-order valence-corrected chi connectivity index (χ2v) is 8.22. The number of para-hydroxylation sites is 1. The van der Waals surface area contributed by atoms with Crippen molar-refractivity contribution in [2.24, 2.45) is 0 Å². The molecule has 3 heterocycles. The van der Waals surface area contributed by atoms with Crippen molar-refractivity contribution in [1.82, 2.24) is 19.9 Å². The van der Waals surface area contributed by atoms with Gasteiger partial charge in [-0.3, -0.25) is 4.79 Å². The van der Waals surface area contributed by atoms with Gasteiger partial charge in [-0.1, -0.05) is 24.8 Å². The number of hydrogen-bond acceptors (Lipinski definition) is 6. The molecule has 1 amide bonds. The van der Waals surface area contributed by atoms with Gasteiger partial charge in [-0.25, -0.2) is 15.0 Å². The van der Waals surface area contributed by atoms with Gasteiger partial charge in [0, 0.05) is 30.4 Å². The molecule has 2 aromatic heterocycles. The molecule has 5 rings (SSSR count). The zero-order valence-corrected chi connectivity index (χ0v) is 18.7. The Hall–Kier alpha value is -4.26. The summed E-state index contributed by atoms with van der Waals surface area (Å²) in [6, 6.07) is 21.3. The SMILES string of the molecule is C=CC(=O)N1CCCC(c2ccc3ncnc(Nc4ccc(Oc5ccccc5)cc4)c3n2)C1. The van der Waals surface area contributed by atoms with Gasteiger partial charge in [0.2, 0.25) is 5.91 Å². The molecule has 1 fully saturated rings. The zero-order valence-electron chi connectivity index (χ0n) is 18.7. The van der Waals surface area contributed by atoms with E-state index in [1.165, 1.54) is 12.4 Å².